The normalized spacial score (nSPS) is 10.2. The molecule has 0 radical (unpaired) electrons. The standard InChI is InChI=1S/C19H15ClN2O4/c1-25-16-4-2-3-13(9-16)5-8-19(24)26-12-18(23)22-15-7-6-14(11-21)17(20)10-15/h2-10H,12H2,1H3,(H,22,23)/b8-5+. The summed E-state index contributed by atoms with van der Waals surface area (Å²) in [6, 6.07) is 13.5. The van der Waals surface area contributed by atoms with Gasteiger partial charge in [0, 0.05) is 11.8 Å². The lowest BCUT2D eigenvalue weighted by molar-refractivity contribution is -0.142. The second kappa shape index (κ2) is 9.25. The summed E-state index contributed by atoms with van der Waals surface area (Å²) in [6.07, 6.45) is 2.78. The summed E-state index contributed by atoms with van der Waals surface area (Å²) >= 11 is 5.88. The Morgan fingerprint density at radius 3 is 2.77 bits per heavy atom. The predicted molar refractivity (Wildman–Crippen MR) is 97.8 cm³/mol. The zero-order valence-corrected chi connectivity index (χ0v) is 14.6. The molecular weight excluding hydrogens is 356 g/mol. The molecule has 2 aromatic rings. The zero-order chi connectivity index (χ0) is 18.9. The van der Waals surface area contributed by atoms with Crippen LogP contribution in [0.15, 0.2) is 48.5 Å². The van der Waals surface area contributed by atoms with Crippen molar-refractivity contribution >= 4 is 35.2 Å². The summed E-state index contributed by atoms with van der Waals surface area (Å²) in [7, 11) is 1.55. The molecule has 0 aliphatic carbocycles. The maximum absolute atomic E-state index is 11.8. The molecule has 0 saturated carbocycles. The third-order valence-electron chi connectivity index (χ3n) is 3.22. The fourth-order valence-corrected chi connectivity index (χ4v) is 2.20. The van der Waals surface area contributed by atoms with Crippen molar-refractivity contribution < 1.29 is 19.1 Å². The maximum atomic E-state index is 11.8. The number of nitriles is 1. The summed E-state index contributed by atoms with van der Waals surface area (Å²) in [5.41, 5.74) is 1.47. The molecule has 132 valence electrons. The number of halogens is 1. The Morgan fingerprint density at radius 2 is 2.08 bits per heavy atom. The summed E-state index contributed by atoms with van der Waals surface area (Å²) in [4.78, 5) is 23.5. The molecule has 0 bridgehead atoms. The molecule has 6 nitrogen and oxygen atoms in total. The van der Waals surface area contributed by atoms with Gasteiger partial charge in [-0.05, 0) is 42.0 Å². The Kier molecular flexibility index (Phi) is 6.77. The van der Waals surface area contributed by atoms with Crippen LogP contribution in [0.2, 0.25) is 5.02 Å². The first-order valence-electron chi connectivity index (χ1n) is 7.50. The number of anilines is 1. The van der Waals surface area contributed by atoms with Crippen molar-refractivity contribution in [3.8, 4) is 11.8 Å². The van der Waals surface area contributed by atoms with E-state index in [9.17, 15) is 9.59 Å². The van der Waals surface area contributed by atoms with Gasteiger partial charge in [-0.1, -0.05) is 23.7 Å². The van der Waals surface area contributed by atoms with Crippen molar-refractivity contribution in [3.63, 3.8) is 0 Å². The molecule has 1 N–H and O–H groups in total. The van der Waals surface area contributed by atoms with Gasteiger partial charge in [0.1, 0.15) is 11.8 Å². The number of benzene rings is 2. The lowest BCUT2D eigenvalue weighted by Crippen LogP contribution is -2.20. The summed E-state index contributed by atoms with van der Waals surface area (Å²) in [6.45, 7) is -0.446. The number of amides is 1. The molecule has 0 aliphatic rings. The van der Waals surface area contributed by atoms with Crippen molar-refractivity contribution in [2.24, 2.45) is 0 Å². The van der Waals surface area contributed by atoms with Crippen LogP contribution in [0.3, 0.4) is 0 Å². The molecule has 2 rings (SSSR count). The molecule has 1 amide bonds. The molecule has 0 heterocycles. The zero-order valence-electron chi connectivity index (χ0n) is 13.9. The number of nitrogens with zero attached hydrogens (tertiary/aromatic N) is 1. The largest absolute Gasteiger partial charge is 0.497 e. The molecule has 0 saturated heterocycles. The molecular formula is C19H15ClN2O4. The van der Waals surface area contributed by atoms with Crippen LogP contribution >= 0.6 is 11.6 Å². The van der Waals surface area contributed by atoms with Crippen molar-refractivity contribution in [1.82, 2.24) is 0 Å². The Bertz CT molecular complexity index is 887. The number of nitrogens with one attached hydrogen (secondary N) is 1. The number of esters is 1. The van der Waals surface area contributed by atoms with Crippen LogP contribution in [0, 0.1) is 11.3 Å². The van der Waals surface area contributed by atoms with Crippen LogP contribution in [0.4, 0.5) is 5.69 Å². The van der Waals surface area contributed by atoms with E-state index in [1.165, 1.54) is 24.3 Å². The number of hydrogen-bond acceptors (Lipinski definition) is 5. The third-order valence-corrected chi connectivity index (χ3v) is 3.54. The lowest BCUT2D eigenvalue weighted by atomic mass is 10.2. The molecule has 0 spiro atoms. The molecule has 0 fully saturated rings. The van der Waals surface area contributed by atoms with E-state index in [1.54, 1.807) is 37.5 Å². The van der Waals surface area contributed by atoms with E-state index in [2.05, 4.69) is 5.32 Å². The maximum Gasteiger partial charge on any atom is 0.331 e. The number of ether oxygens (including phenoxy) is 2. The monoisotopic (exact) mass is 370 g/mol. The van der Waals surface area contributed by atoms with Crippen LogP contribution in [-0.4, -0.2) is 25.6 Å². The molecule has 0 aliphatic heterocycles. The van der Waals surface area contributed by atoms with E-state index >= 15 is 0 Å². The second-order valence-electron chi connectivity index (χ2n) is 5.07. The minimum absolute atomic E-state index is 0.225. The fourth-order valence-electron chi connectivity index (χ4n) is 1.97. The number of carbonyl (C=O) groups is 2. The van der Waals surface area contributed by atoms with Crippen LogP contribution in [0.25, 0.3) is 6.08 Å². The van der Waals surface area contributed by atoms with Gasteiger partial charge >= 0.3 is 5.97 Å². The van der Waals surface area contributed by atoms with Gasteiger partial charge in [0.2, 0.25) is 0 Å². The van der Waals surface area contributed by atoms with Gasteiger partial charge in [-0.25, -0.2) is 4.79 Å². The first kappa shape index (κ1) is 19.0. The van der Waals surface area contributed by atoms with E-state index < -0.39 is 18.5 Å². The fraction of sp³-hybridized carbons (Fsp3) is 0.105. The van der Waals surface area contributed by atoms with E-state index in [0.717, 1.165) is 5.56 Å². The number of methoxy groups -OCH3 is 1. The lowest BCUT2D eigenvalue weighted by Gasteiger charge is -2.06. The highest BCUT2D eigenvalue weighted by Crippen LogP contribution is 2.20. The molecule has 0 aromatic heterocycles. The number of carbonyl (C=O) groups excluding carboxylic acids is 2. The average molecular weight is 371 g/mol. The van der Waals surface area contributed by atoms with Gasteiger partial charge in [0.05, 0.1) is 17.7 Å². The van der Waals surface area contributed by atoms with Gasteiger partial charge in [-0.3, -0.25) is 4.79 Å². The van der Waals surface area contributed by atoms with Crippen molar-refractivity contribution in [2.45, 2.75) is 0 Å². The molecule has 7 heteroatoms. The number of rotatable bonds is 6. The third kappa shape index (κ3) is 5.65. The molecule has 2 aromatic carbocycles. The van der Waals surface area contributed by atoms with E-state index in [4.69, 9.17) is 26.3 Å². The summed E-state index contributed by atoms with van der Waals surface area (Å²) in [5.74, 6) is -0.504. The highest BCUT2D eigenvalue weighted by Gasteiger charge is 2.07. The van der Waals surface area contributed by atoms with Crippen LogP contribution in [0.1, 0.15) is 11.1 Å². The van der Waals surface area contributed by atoms with Gasteiger partial charge < -0.3 is 14.8 Å². The quantitative estimate of drug-likeness (QED) is 0.621. The van der Waals surface area contributed by atoms with Crippen LogP contribution in [-0.2, 0) is 14.3 Å². The van der Waals surface area contributed by atoms with E-state index in [0.29, 0.717) is 17.0 Å². The highest BCUT2D eigenvalue weighted by atomic mass is 35.5. The Labute approximate surface area is 155 Å². The Morgan fingerprint density at radius 1 is 1.27 bits per heavy atom. The predicted octanol–water partition coefficient (Wildman–Crippen LogP) is 3.42. The molecule has 26 heavy (non-hydrogen) atoms. The highest BCUT2D eigenvalue weighted by molar-refractivity contribution is 6.32. The molecule has 0 unspecified atom stereocenters. The average Bonchev–Trinajstić information content (AvgIpc) is 2.65. The van der Waals surface area contributed by atoms with Crippen molar-refractivity contribution in [3.05, 3.63) is 64.7 Å². The van der Waals surface area contributed by atoms with E-state index in [-0.39, 0.29) is 5.02 Å². The first-order valence-corrected chi connectivity index (χ1v) is 7.88. The minimum atomic E-state index is -0.652. The summed E-state index contributed by atoms with van der Waals surface area (Å²) in [5, 5.41) is 11.6. The Balaban J connectivity index is 1.84. The summed E-state index contributed by atoms with van der Waals surface area (Å²) < 4.78 is 9.97. The topological polar surface area (TPSA) is 88.4 Å². The van der Waals surface area contributed by atoms with Gasteiger partial charge in [-0.15, -0.1) is 0 Å². The minimum Gasteiger partial charge on any atom is -0.497 e. The van der Waals surface area contributed by atoms with Crippen LogP contribution in [0.5, 0.6) is 5.75 Å². The van der Waals surface area contributed by atoms with E-state index in [1.807, 2.05) is 6.07 Å². The van der Waals surface area contributed by atoms with Crippen molar-refractivity contribution in [2.75, 3.05) is 19.0 Å². The second-order valence-corrected chi connectivity index (χ2v) is 5.48. The number of hydrogen-bond donors (Lipinski definition) is 1. The van der Waals surface area contributed by atoms with Gasteiger partial charge in [-0.2, -0.15) is 5.26 Å². The van der Waals surface area contributed by atoms with Crippen LogP contribution < -0.4 is 10.1 Å². The van der Waals surface area contributed by atoms with Gasteiger partial charge in [0.15, 0.2) is 6.61 Å². The SMILES string of the molecule is COc1cccc(/C=C/C(=O)OCC(=O)Nc2ccc(C#N)c(Cl)c2)c1. The smallest absolute Gasteiger partial charge is 0.331 e. The molecule has 0 atom stereocenters. The van der Waals surface area contributed by atoms with Crippen molar-refractivity contribution in [1.29, 1.82) is 5.26 Å². The van der Waals surface area contributed by atoms with Gasteiger partial charge in [0.25, 0.3) is 5.91 Å². The Hall–Kier alpha value is -3.30. The first-order chi connectivity index (χ1) is 12.5.